The Morgan fingerprint density at radius 2 is 1.83 bits per heavy atom. The van der Waals surface area contributed by atoms with Gasteiger partial charge in [-0.25, -0.2) is 0 Å². The Morgan fingerprint density at radius 3 is 2.52 bits per heavy atom. The average Bonchev–Trinajstić information content (AvgIpc) is 2.79. The molecule has 1 aromatic carbocycles. The molecular weight excluding hydrogens is 296 g/mol. The lowest BCUT2D eigenvalue weighted by Gasteiger charge is -2.26. The zero-order chi connectivity index (χ0) is 16.4. The molecule has 6 nitrogen and oxygen atoms in total. The quantitative estimate of drug-likeness (QED) is 0.768. The Labute approximate surface area is 136 Å². The summed E-state index contributed by atoms with van der Waals surface area (Å²) in [6, 6.07) is 4.97. The van der Waals surface area contributed by atoms with Crippen molar-refractivity contribution in [3.8, 4) is 5.75 Å². The van der Waals surface area contributed by atoms with Crippen molar-refractivity contribution in [3.63, 3.8) is 0 Å². The van der Waals surface area contributed by atoms with Crippen molar-refractivity contribution in [2.45, 2.75) is 19.9 Å². The lowest BCUT2D eigenvalue weighted by atomic mass is 10.1. The molecule has 0 radical (unpaired) electrons. The molecule has 0 aliphatic carbocycles. The number of nitrogens with zero attached hydrogens (tertiary/aromatic N) is 2. The van der Waals surface area contributed by atoms with Crippen LogP contribution in [0.1, 0.15) is 34.6 Å². The minimum atomic E-state index is -0.237. The number of benzene rings is 1. The van der Waals surface area contributed by atoms with Crippen molar-refractivity contribution >= 4 is 11.8 Å². The number of imide groups is 1. The van der Waals surface area contributed by atoms with E-state index in [0.717, 1.165) is 32.8 Å². The Kier molecular flexibility index (Phi) is 4.63. The van der Waals surface area contributed by atoms with Crippen molar-refractivity contribution in [1.29, 1.82) is 0 Å². The Balaban J connectivity index is 1.63. The van der Waals surface area contributed by atoms with Gasteiger partial charge in [-0.2, -0.15) is 0 Å². The van der Waals surface area contributed by atoms with E-state index in [4.69, 9.17) is 9.47 Å². The average molecular weight is 318 g/mol. The van der Waals surface area contributed by atoms with Gasteiger partial charge in [-0.05, 0) is 32.0 Å². The number of rotatable bonds is 5. The van der Waals surface area contributed by atoms with Gasteiger partial charge in [-0.1, -0.05) is 0 Å². The van der Waals surface area contributed by atoms with Crippen LogP contribution >= 0.6 is 0 Å². The molecule has 0 saturated carbocycles. The summed E-state index contributed by atoms with van der Waals surface area (Å²) in [6.07, 6.45) is 0. The molecule has 1 aromatic rings. The molecule has 1 saturated heterocycles. The van der Waals surface area contributed by atoms with Gasteiger partial charge in [-0.15, -0.1) is 0 Å². The van der Waals surface area contributed by atoms with Gasteiger partial charge < -0.3 is 9.47 Å². The van der Waals surface area contributed by atoms with Gasteiger partial charge in [0.2, 0.25) is 0 Å². The number of fused-ring (bicyclic) bond motifs is 1. The first-order valence-electron chi connectivity index (χ1n) is 8.03. The molecule has 2 heterocycles. The fourth-order valence-electron chi connectivity index (χ4n) is 2.91. The fraction of sp³-hybridized carbons (Fsp3) is 0.529. The molecule has 0 aromatic heterocycles. The van der Waals surface area contributed by atoms with Crippen molar-refractivity contribution in [2.75, 3.05) is 39.5 Å². The SMILES string of the molecule is CC(C)N1C(=O)c2ccc(OCCN3CCOCC3)cc2C1=O. The number of amides is 2. The van der Waals surface area contributed by atoms with E-state index in [1.54, 1.807) is 18.2 Å². The molecule has 2 aliphatic rings. The van der Waals surface area contributed by atoms with Crippen LogP contribution in [0.25, 0.3) is 0 Å². The summed E-state index contributed by atoms with van der Waals surface area (Å²) in [4.78, 5) is 28.2. The third-order valence-corrected chi connectivity index (χ3v) is 4.19. The highest BCUT2D eigenvalue weighted by Crippen LogP contribution is 2.28. The van der Waals surface area contributed by atoms with Crippen molar-refractivity contribution in [1.82, 2.24) is 9.80 Å². The van der Waals surface area contributed by atoms with Gasteiger partial charge in [0.05, 0.1) is 24.3 Å². The minimum absolute atomic E-state index is 0.145. The molecule has 1 fully saturated rings. The number of carbonyl (C=O) groups excluding carboxylic acids is 2. The van der Waals surface area contributed by atoms with E-state index in [9.17, 15) is 9.59 Å². The summed E-state index contributed by atoms with van der Waals surface area (Å²) >= 11 is 0. The highest BCUT2D eigenvalue weighted by Gasteiger charge is 2.37. The van der Waals surface area contributed by atoms with E-state index in [1.807, 2.05) is 13.8 Å². The molecular formula is C17H22N2O4. The van der Waals surface area contributed by atoms with Gasteiger partial charge in [0, 0.05) is 25.7 Å². The maximum Gasteiger partial charge on any atom is 0.261 e. The maximum atomic E-state index is 12.3. The Bertz CT molecular complexity index is 609. The fourth-order valence-corrected chi connectivity index (χ4v) is 2.91. The zero-order valence-electron chi connectivity index (χ0n) is 13.6. The van der Waals surface area contributed by atoms with Crippen LogP contribution in [0.3, 0.4) is 0 Å². The normalized spacial score (nSPS) is 18.7. The summed E-state index contributed by atoms with van der Waals surface area (Å²) in [5, 5.41) is 0. The van der Waals surface area contributed by atoms with E-state index in [1.165, 1.54) is 4.90 Å². The standard InChI is InChI=1S/C17H22N2O4/c1-12(2)19-16(20)14-4-3-13(11-15(14)17(19)21)23-10-7-18-5-8-22-9-6-18/h3-4,11-12H,5-10H2,1-2H3. The monoisotopic (exact) mass is 318 g/mol. The highest BCUT2D eigenvalue weighted by molar-refractivity contribution is 6.21. The maximum absolute atomic E-state index is 12.3. The summed E-state index contributed by atoms with van der Waals surface area (Å²) in [7, 11) is 0. The number of hydrogen-bond donors (Lipinski definition) is 0. The van der Waals surface area contributed by atoms with Crippen LogP contribution in [-0.4, -0.2) is 67.1 Å². The number of ether oxygens (including phenoxy) is 2. The van der Waals surface area contributed by atoms with Gasteiger partial charge in [-0.3, -0.25) is 19.4 Å². The number of carbonyl (C=O) groups is 2. The summed E-state index contributed by atoms with van der Waals surface area (Å²) in [6.45, 7) is 8.41. The second kappa shape index (κ2) is 6.68. The van der Waals surface area contributed by atoms with Crippen molar-refractivity contribution < 1.29 is 19.1 Å². The Hall–Kier alpha value is -1.92. The molecule has 2 aliphatic heterocycles. The lowest BCUT2D eigenvalue weighted by Crippen LogP contribution is -2.38. The second-order valence-electron chi connectivity index (χ2n) is 6.08. The highest BCUT2D eigenvalue weighted by atomic mass is 16.5. The molecule has 0 atom stereocenters. The topological polar surface area (TPSA) is 59.1 Å². The van der Waals surface area contributed by atoms with E-state index in [-0.39, 0.29) is 17.9 Å². The first-order chi connectivity index (χ1) is 11.1. The minimum Gasteiger partial charge on any atom is -0.492 e. The summed E-state index contributed by atoms with van der Waals surface area (Å²) in [5.41, 5.74) is 0.900. The number of hydrogen-bond acceptors (Lipinski definition) is 5. The molecule has 0 spiro atoms. The van der Waals surface area contributed by atoms with E-state index in [2.05, 4.69) is 4.90 Å². The van der Waals surface area contributed by atoms with Crippen LogP contribution in [-0.2, 0) is 4.74 Å². The second-order valence-corrected chi connectivity index (χ2v) is 6.08. The van der Waals surface area contributed by atoms with Crippen LogP contribution in [0, 0.1) is 0 Å². The molecule has 0 bridgehead atoms. The lowest BCUT2D eigenvalue weighted by molar-refractivity contribution is 0.0322. The Morgan fingerprint density at radius 1 is 1.13 bits per heavy atom. The summed E-state index contributed by atoms with van der Waals surface area (Å²) in [5.74, 6) is 0.169. The van der Waals surface area contributed by atoms with E-state index >= 15 is 0 Å². The van der Waals surface area contributed by atoms with Gasteiger partial charge in [0.1, 0.15) is 12.4 Å². The molecule has 3 rings (SSSR count). The molecule has 2 amide bonds. The van der Waals surface area contributed by atoms with Gasteiger partial charge in [0.15, 0.2) is 0 Å². The molecule has 23 heavy (non-hydrogen) atoms. The predicted molar refractivity (Wildman–Crippen MR) is 84.8 cm³/mol. The molecule has 124 valence electrons. The van der Waals surface area contributed by atoms with Crippen LogP contribution in [0.15, 0.2) is 18.2 Å². The first kappa shape index (κ1) is 16.0. The van der Waals surface area contributed by atoms with Crippen LogP contribution in [0.5, 0.6) is 5.75 Å². The van der Waals surface area contributed by atoms with Crippen molar-refractivity contribution in [3.05, 3.63) is 29.3 Å². The molecule has 0 unspecified atom stereocenters. The molecule has 0 N–H and O–H groups in total. The largest absolute Gasteiger partial charge is 0.492 e. The predicted octanol–water partition coefficient (Wildman–Crippen LogP) is 1.40. The number of morpholine rings is 1. The van der Waals surface area contributed by atoms with Crippen LogP contribution in [0.2, 0.25) is 0 Å². The zero-order valence-corrected chi connectivity index (χ0v) is 13.6. The third kappa shape index (κ3) is 3.23. The first-order valence-corrected chi connectivity index (χ1v) is 8.03. The van der Waals surface area contributed by atoms with Gasteiger partial charge in [0.25, 0.3) is 11.8 Å². The molecule has 6 heteroatoms. The van der Waals surface area contributed by atoms with E-state index < -0.39 is 0 Å². The van der Waals surface area contributed by atoms with Gasteiger partial charge >= 0.3 is 0 Å². The third-order valence-electron chi connectivity index (χ3n) is 4.19. The van der Waals surface area contributed by atoms with Crippen LogP contribution < -0.4 is 4.74 Å². The van der Waals surface area contributed by atoms with Crippen LogP contribution in [0.4, 0.5) is 0 Å². The summed E-state index contributed by atoms with van der Waals surface area (Å²) < 4.78 is 11.1. The smallest absolute Gasteiger partial charge is 0.261 e. The van der Waals surface area contributed by atoms with E-state index in [0.29, 0.717) is 23.5 Å². The van der Waals surface area contributed by atoms with Crippen molar-refractivity contribution in [2.24, 2.45) is 0 Å².